The standard InChI is InChI=1S/C48H57B2NO4PS/c1-45(2)46(3,4)53-49(52-45)36-28-30-41-43(34-36)57-44-35-37(50-54-47(5,6)48(7,8)55-50)29-31-42(44)51(41)32-20-9-10-21-33-56(38-22-14-11-15-23-38,39-24-16-12-17-25-39)40-26-18-13-19-27-40/h11-19,22-31,34-35H,9-10,20-21,32-33H2,1-8H3/q+1. The highest BCUT2D eigenvalue weighted by Gasteiger charge is 2.53. The van der Waals surface area contributed by atoms with Crippen molar-refractivity contribution in [3.8, 4) is 0 Å². The number of anilines is 2. The normalized spacial score (nSPS) is 19.1. The van der Waals surface area contributed by atoms with Gasteiger partial charge >= 0.3 is 14.2 Å². The first-order chi connectivity index (χ1) is 27.2. The van der Waals surface area contributed by atoms with Crippen LogP contribution in [0, 0.1) is 0 Å². The van der Waals surface area contributed by atoms with Crippen LogP contribution in [0.4, 0.5) is 11.4 Å². The second-order valence-electron chi connectivity index (χ2n) is 17.8. The minimum Gasteiger partial charge on any atom is -0.399 e. The summed E-state index contributed by atoms with van der Waals surface area (Å²) in [5.74, 6) is 0. The van der Waals surface area contributed by atoms with Gasteiger partial charge in [0.15, 0.2) is 0 Å². The van der Waals surface area contributed by atoms with Gasteiger partial charge in [-0.15, -0.1) is 0 Å². The Kier molecular flexibility index (Phi) is 11.1. The van der Waals surface area contributed by atoms with Crippen molar-refractivity contribution in [1.29, 1.82) is 0 Å². The van der Waals surface area contributed by atoms with E-state index in [4.69, 9.17) is 18.6 Å². The summed E-state index contributed by atoms with van der Waals surface area (Å²) in [5, 5.41) is 4.38. The Morgan fingerprint density at radius 1 is 0.474 bits per heavy atom. The quantitative estimate of drug-likeness (QED) is 0.0713. The maximum Gasteiger partial charge on any atom is 0.494 e. The van der Waals surface area contributed by atoms with Crippen molar-refractivity contribution < 1.29 is 18.6 Å². The van der Waals surface area contributed by atoms with E-state index < -0.39 is 43.9 Å². The molecule has 0 aliphatic carbocycles. The zero-order valence-corrected chi connectivity index (χ0v) is 36.7. The molecule has 2 fully saturated rings. The second-order valence-corrected chi connectivity index (χ2v) is 22.5. The third kappa shape index (κ3) is 7.68. The van der Waals surface area contributed by atoms with Crippen molar-refractivity contribution in [2.45, 2.75) is 113 Å². The molecule has 3 aliphatic heterocycles. The fourth-order valence-corrected chi connectivity index (χ4v) is 13.9. The molecular formula is C48H57B2NO4PS+. The Morgan fingerprint density at radius 2 is 0.842 bits per heavy atom. The number of unbranched alkanes of at least 4 members (excludes halogenated alkanes) is 3. The van der Waals surface area contributed by atoms with Crippen LogP contribution >= 0.6 is 19.0 Å². The molecule has 5 aromatic rings. The van der Waals surface area contributed by atoms with Gasteiger partial charge in [-0.05, 0) is 146 Å². The van der Waals surface area contributed by atoms with E-state index in [1.165, 1.54) is 49.9 Å². The van der Waals surface area contributed by atoms with Gasteiger partial charge < -0.3 is 23.5 Å². The van der Waals surface area contributed by atoms with Crippen LogP contribution in [0.15, 0.2) is 137 Å². The monoisotopic (exact) mass is 796 g/mol. The molecule has 0 saturated carbocycles. The topological polar surface area (TPSA) is 40.2 Å². The van der Waals surface area contributed by atoms with E-state index in [9.17, 15) is 0 Å². The lowest BCUT2D eigenvalue weighted by atomic mass is 9.78. The highest BCUT2D eigenvalue weighted by molar-refractivity contribution is 7.99. The summed E-state index contributed by atoms with van der Waals surface area (Å²) in [4.78, 5) is 4.95. The smallest absolute Gasteiger partial charge is 0.399 e. The number of hydrogen-bond acceptors (Lipinski definition) is 6. The molecule has 5 aromatic carbocycles. The predicted octanol–water partition coefficient (Wildman–Crippen LogP) is 9.44. The minimum atomic E-state index is -1.83. The molecule has 0 radical (unpaired) electrons. The minimum absolute atomic E-state index is 0.401. The van der Waals surface area contributed by atoms with Crippen molar-refractivity contribution in [2.24, 2.45) is 0 Å². The van der Waals surface area contributed by atoms with E-state index in [0.717, 1.165) is 36.5 Å². The average Bonchev–Trinajstić information content (AvgIpc) is 3.57. The fraction of sp³-hybridized carbons (Fsp3) is 0.375. The van der Waals surface area contributed by atoms with E-state index in [1.807, 2.05) is 11.8 Å². The summed E-state index contributed by atoms with van der Waals surface area (Å²) in [6.07, 6.45) is 5.75. The number of nitrogens with zero attached hydrogens (tertiary/aromatic N) is 1. The predicted molar refractivity (Wildman–Crippen MR) is 244 cm³/mol. The molecule has 0 aromatic heterocycles. The van der Waals surface area contributed by atoms with Gasteiger partial charge in [0.1, 0.15) is 23.2 Å². The highest BCUT2D eigenvalue weighted by Crippen LogP contribution is 2.56. The molecule has 3 aliphatic rings. The van der Waals surface area contributed by atoms with Crippen LogP contribution in [0.1, 0.15) is 81.1 Å². The van der Waals surface area contributed by atoms with Crippen molar-refractivity contribution in [1.82, 2.24) is 0 Å². The van der Waals surface area contributed by atoms with Crippen LogP contribution in [0.25, 0.3) is 0 Å². The Hall–Kier alpha value is -3.35. The van der Waals surface area contributed by atoms with Gasteiger partial charge in [-0.2, -0.15) is 0 Å². The molecule has 57 heavy (non-hydrogen) atoms. The van der Waals surface area contributed by atoms with Gasteiger partial charge in [0, 0.05) is 16.3 Å². The van der Waals surface area contributed by atoms with E-state index in [2.05, 4.69) is 188 Å². The van der Waals surface area contributed by atoms with Gasteiger partial charge in [0.25, 0.3) is 0 Å². The average molecular weight is 797 g/mol. The van der Waals surface area contributed by atoms with Gasteiger partial charge in [0.05, 0.1) is 39.9 Å². The van der Waals surface area contributed by atoms with Crippen LogP contribution in [0.2, 0.25) is 0 Å². The summed E-state index contributed by atoms with van der Waals surface area (Å²) in [6.45, 7) is 17.8. The Balaban J connectivity index is 1.03. The fourth-order valence-electron chi connectivity index (χ4n) is 8.27. The maximum absolute atomic E-state index is 6.50. The van der Waals surface area contributed by atoms with Crippen LogP contribution in [-0.2, 0) is 18.6 Å². The molecule has 294 valence electrons. The molecule has 3 heterocycles. The first-order valence-electron chi connectivity index (χ1n) is 20.7. The van der Waals surface area contributed by atoms with E-state index in [1.54, 1.807) is 0 Å². The van der Waals surface area contributed by atoms with Crippen LogP contribution in [0.5, 0.6) is 0 Å². The first-order valence-corrected chi connectivity index (χ1v) is 23.5. The maximum atomic E-state index is 6.50. The number of hydrogen-bond donors (Lipinski definition) is 0. The lowest BCUT2D eigenvalue weighted by Gasteiger charge is -2.34. The van der Waals surface area contributed by atoms with Crippen molar-refractivity contribution in [3.05, 3.63) is 127 Å². The Morgan fingerprint density at radius 3 is 1.23 bits per heavy atom. The first kappa shape index (κ1) is 40.4. The Labute approximate surface area is 346 Å². The molecule has 0 atom stereocenters. The summed E-state index contributed by atoms with van der Waals surface area (Å²) in [7, 11) is -2.66. The van der Waals surface area contributed by atoms with E-state index >= 15 is 0 Å². The van der Waals surface area contributed by atoms with Crippen molar-refractivity contribution in [3.63, 3.8) is 0 Å². The molecule has 0 amide bonds. The van der Waals surface area contributed by atoms with Gasteiger partial charge in [-0.3, -0.25) is 0 Å². The summed E-state index contributed by atoms with van der Waals surface area (Å²) >= 11 is 1.82. The molecule has 8 rings (SSSR count). The molecule has 9 heteroatoms. The van der Waals surface area contributed by atoms with Gasteiger partial charge in [-0.1, -0.05) is 84.9 Å². The highest BCUT2D eigenvalue weighted by atomic mass is 32.2. The van der Waals surface area contributed by atoms with Gasteiger partial charge in [0.2, 0.25) is 0 Å². The summed E-state index contributed by atoms with van der Waals surface area (Å²) in [5.41, 5.74) is 2.96. The molecule has 0 unspecified atom stereocenters. The molecule has 0 bridgehead atoms. The number of fused-ring (bicyclic) bond motifs is 2. The van der Waals surface area contributed by atoms with Gasteiger partial charge in [-0.25, -0.2) is 0 Å². The molecule has 0 N–H and O–H groups in total. The van der Waals surface area contributed by atoms with Crippen molar-refractivity contribution in [2.75, 3.05) is 17.6 Å². The largest absolute Gasteiger partial charge is 0.494 e. The zero-order valence-electron chi connectivity index (χ0n) is 35.0. The molecule has 5 nitrogen and oxygen atoms in total. The summed E-state index contributed by atoms with van der Waals surface area (Å²) in [6, 6.07) is 47.3. The SMILES string of the molecule is CC1(C)OB(c2ccc3c(c2)Sc2cc(B4OC(C)(C)C(C)(C)O4)ccc2N3CCCCCC[P+](c2ccccc2)(c2ccccc2)c2ccccc2)OC1(C)C. The van der Waals surface area contributed by atoms with E-state index in [0.29, 0.717) is 0 Å². The Bertz CT molecular complexity index is 1970. The lowest BCUT2D eigenvalue weighted by Crippen LogP contribution is -2.41. The van der Waals surface area contributed by atoms with Crippen LogP contribution in [-0.4, -0.2) is 49.3 Å². The van der Waals surface area contributed by atoms with Crippen molar-refractivity contribution >= 4 is 71.5 Å². The third-order valence-electron chi connectivity index (χ3n) is 13.0. The van der Waals surface area contributed by atoms with Crippen LogP contribution < -0.4 is 31.7 Å². The third-order valence-corrected chi connectivity index (χ3v) is 18.7. The molecular weight excluding hydrogens is 739 g/mol. The molecule has 0 spiro atoms. The lowest BCUT2D eigenvalue weighted by molar-refractivity contribution is 0.00578. The van der Waals surface area contributed by atoms with Crippen LogP contribution in [0.3, 0.4) is 0 Å². The molecule has 2 saturated heterocycles. The number of benzene rings is 5. The summed E-state index contributed by atoms with van der Waals surface area (Å²) < 4.78 is 26.0. The zero-order chi connectivity index (χ0) is 40.1. The number of rotatable bonds is 12. The second kappa shape index (κ2) is 15.7. The van der Waals surface area contributed by atoms with E-state index in [-0.39, 0.29) is 0 Å².